The van der Waals surface area contributed by atoms with Crippen LogP contribution >= 0.6 is 0 Å². The second kappa shape index (κ2) is 9.87. The molecule has 12 heteroatoms. The maximum Gasteiger partial charge on any atom is 0.257 e. The summed E-state index contributed by atoms with van der Waals surface area (Å²) < 4.78 is 41.5. The van der Waals surface area contributed by atoms with Crippen molar-refractivity contribution in [2.45, 2.75) is 25.3 Å². The summed E-state index contributed by atoms with van der Waals surface area (Å²) in [5, 5.41) is 3.21. The molecule has 0 radical (unpaired) electrons. The molecule has 0 unspecified atom stereocenters. The van der Waals surface area contributed by atoms with Crippen molar-refractivity contribution < 1.29 is 23.0 Å². The zero-order valence-corrected chi connectivity index (χ0v) is 22.2. The Morgan fingerprint density at radius 2 is 1.80 bits per heavy atom. The Labute approximate surface area is 229 Å². The van der Waals surface area contributed by atoms with Gasteiger partial charge in [-0.25, -0.2) is 18.7 Å². The van der Waals surface area contributed by atoms with Crippen LogP contribution in [0.2, 0.25) is 0 Å². The van der Waals surface area contributed by atoms with E-state index in [1.807, 2.05) is 40.8 Å². The van der Waals surface area contributed by atoms with Gasteiger partial charge in [0.1, 0.15) is 28.6 Å². The molecule has 4 aromatic rings. The highest BCUT2D eigenvalue weighted by Gasteiger charge is 2.52. The Balaban J connectivity index is 1.40. The number of carbonyl (C=O) groups is 1. The third-order valence-electron chi connectivity index (χ3n) is 7.40. The highest BCUT2D eigenvalue weighted by molar-refractivity contribution is 6.12. The van der Waals surface area contributed by atoms with Gasteiger partial charge in [-0.3, -0.25) is 9.69 Å². The standard InChI is InChI=1S/C28H27F2N7O3/c1-17-15-36(16-32-17)22-5-4-20(13-24(22)39-3)33-27-31-14-23-25(34-27)35(2)28(6-8-40-9-7-28)26(38)37(23)21-11-18(29)10-19(30)12-21/h4-5,10-16H,6-9H2,1-3H3,(H,31,33,34). The van der Waals surface area contributed by atoms with Crippen LogP contribution in [0.15, 0.2) is 55.1 Å². The average molecular weight is 548 g/mol. The van der Waals surface area contributed by atoms with E-state index in [1.165, 1.54) is 11.1 Å². The Kier molecular flexibility index (Phi) is 6.34. The summed E-state index contributed by atoms with van der Waals surface area (Å²) in [4.78, 5) is 30.6. The predicted molar refractivity (Wildman–Crippen MR) is 145 cm³/mol. The molecule has 1 N–H and O–H groups in total. The first-order chi connectivity index (χ1) is 19.3. The number of likely N-dealkylation sites (N-methyl/N-ethyl adjacent to an activating group) is 1. The van der Waals surface area contributed by atoms with Crippen LogP contribution in [0.3, 0.4) is 0 Å². The van der Waals surface area contributed by atoms with Gasteiger partial charge in [-0.05, 0) is 31.2 Å². The van der Waals surface area contributed by atoms with Gasteiger partial charge in [-0.15, -0.1) is 0 Å². The molecular formula is C28H27F2N7O3. The lowest BCUT2D eigenvalue weighted by Crippen LogP contribution is -2.63. The maximum absolute atomic E-state index is 14.2. The first kappa shape index (κ1) is 25.7. The molecule has 0 atom stereocenters. The Morgan fingerprint density at radius 3 is 2.48 bits per heavy atom. The topological polar surface area (TPSA) is 97.6 Å². The fraction of sp³-hybridized carbons (Fsp3) is 0.286. The van der Waals surface area contributed by atoms with E-state index in [2.05, 4.69) is 15.3 Å². The van der Waals surface area contributed by atoms with Crippen molar-refractivity contribution in [2.24, 2.45) is 0 Å². The number of fused-ring (bicyclic) bond motifs is 1. The lowest BCUT2D eigenvalue weighted by atomic mass is 9.84. The zero-order valence-electron chi connectivity index (χ0n) is 22.2. The second-order valence-electron chi connectivity index (χ2n) is 9.81. The van der Waals surface area contributed by atoms with E-state index in [1.54, 1.807) is 20.5 Å². The van der Waals surface area contributed by atoms with Crippen LogP contribution in [0.5, 0.6) is 5.75 Å². The highest BCUT2D eigenvalue weighted by atomic mass is 19.1. The minimum atomic E-state index is -0.993. The van der Waals surface area contributed by atoms with Gasteiger partial charge in [0.15, 0.2) is 5.82 Å². The number of nitrogens with one attached hydrogen (secondary N) is 1. The molecule has 2 aromatic carbocycles. The largest absolute Gasteiger partial charge is 0.494 e. The van der Waals surface area contributed by atoms with Crippen molar-refractivity contribution in [3.05, 3.63) is 72.4 Å². The average Bonchev–Trinajstić information content (AvgIpc) is 3.38. The molecule has 2 aliphatic rings. The molecule has 206 valence electrons. The SMILES string of the molecule is COc1cc(Nc2ncc3c(n2)N(C)C2(CCOCC2)C(=O)N3c2cc(F)cc(F)c2)ccc1-n1cnc(C)c1. The van der Waals surface area contributed by atoms with Gasteiger partial charge < -0.3 is 24.3 Å². The van der Waals surface area contributed by atoms with E-state index in [-0.39, 0.29) is 17.5 Å². The smallest absolute Gasteiger partial charge is 0.257 e. The second-order valence-corrected chi connectivity index (χ2v) is 9.81. The van der Waals surface area contributed by atoms with E-state index in [0.717, 1.165) is 29.6 Å². The summed E-state index contributed by atoms with van der Waals surface area (Å²) in [6, 6.07) is 8.61. The number of hydrogen-bond acceptors (Lipinski definition) is 8. The summed E-state index contributed by atoms with van der Waals surface area (Å²) in [5.74, 6) is -0.542. The lowest BCUT2D eigenvalue weighted by molar-refractivity contribution is -0.126. The molecule has 1 spiro atoms. The van der Waals surface area contributed by atoms with Gasteiger partial charge in [0.25, 0.3) is 5.91 Å². The van der Waals surface area contributed by atoms with E-state index in [9.17, 15) is 13.6 Å². The van der Waals surface area contributed by atoms with E-state index < -0.39 is 17.2 Å². The molecule has 10 nitrogen and oxygen atoms in total. The quantitative estimate of drug-likeness (QED) is 0.385. The minimum absolute atomic E-state index is 0.0714. The van der Waals surface area contributed by atoms with Crippen molar-refractivity contribution in [3.63, 3.8) is 0 Å². The fourth-order valence-electron chi connectivity index (χ4n) is 5.33. The van der Waals surface area contributed by atoms with Gasteiger partial charge in [0.05, 0.1) is 36.7 Å². The van der Waals surface area contributed by atoms with Crippen LogP contribution < -0.4 is 19.9 Å². The van der Waals surface area contributed by atoms with Gasteiger partial charge in [-0.1, -0.05) is 0 Å². The normalized spacial score (nSPS) is 16.3. The first-order valence-corrected chi connectivity index (χ1v) is 12.7. The Hall–Kier alpha value is -4.58. The number of imidazole rings is 1. The van der Waals surface area contributed by atoms with E-state index in [0.29, 0.717) is 49.0 Å². The van der Waals surface area contributed by atoms with Crippen LogP contribution in [-0.2, 0) is 9.53 Å². The fourth-order valence-corrected chi connectivity index (χ4v) is 5.33. The summed E-state index contributed by atoms with van der Waals surface area (Å²) in [7, 11) is 3.39. The monoisotopic (exact) mass is 547 g/mol. The molecule has 2 aromatic heterocycles. The lowest BCUT2D eigenvalue weighted by Gasteiger charge is -2.50. The summed E-state index contributed by atoms with van der Waals surface area (Å²) in [6.07, 6.45) is 5.89. The number of anilines is 5. The number of aryl methyl sites for hydroxylation is 1. The summed E-state index contributed by atoms with van der Waals surface area (Å²) >= 11 is 0. The Morgan fingerprint density at radius 1 is 1.05 bits per heavy atom. The van der Waals surface area contributed by atoms with Gasteiger partial charge in [0, 0.05) is 57.1 Å². The van der Waals surface area contributed by atoms with Crippen molar-refractivity contribution in [3.8, 4) is 11.4 Å². The molecule has 0 aliphatic carbocycles. The number of nitrogens with zero attached hydrogens (tertiary/aromatic N) is 6. The summed E-state index contributed by atoms with van der Waals surface area (Å²) in [5.41, 5.74) is 1.78. The Bertz CT molecular complexity index is 1580. The molecule has 2 aliphatic heterocycles. The predicted octanol–water partition coefficient (Wildman–Crippen LogP) is 4.66. The number of ether oxygens (including phenoxy) is 2. The third-order valence-corrected chi connectivity index (χ3v) is 7.40. The zero-order chi connectivity index (χ0) is 28.0. The molecular weight excluding hydrogens is 520 g/mol. The number of hydrogen-bond donors (Lipinski definition) is 1. The number of halogens is 2. The number of aromatic nitrogens is 4. The molecule has 1 amide bonds. The van der Waals surface area contributed by atoms with Crippen molar-refractivity contribution in [1.82, 2.24) is 19.5 Å². The van der Waals surface area contributed by atoms with Crippen molar-refractivity contribution >= 4 is 34.7 Å². The molecule has 4 heterocycles. The first-order valence-electron chi connectivity index (χ1n) is 12.7. The molecule has 6 rings (SSSR count). The summed E-state index contributed by atoms with van der Waals surface area (Å²) in [6.45, 7) is 2.65. The van der Waals surface area contributed by atoms with Crippen LogP contribution in [-0.4, -0.2) is 58.3 Å². The number of carbonyl (C=O) groups excluding carboxylic acids is 1. The van der Waals surface area contributed by atoms with Crippen LogP contribution in [0.4, 0.5) is 37.6 Å². The number of amides is 1. The number of benzene rings is 2. The van der Waals surface area contributed by atoms with Gasteiger partial charge >= 0.3 is 0 Å². The van der Waals surface area contributed by atoms with Crippen LogP contribution in [0.25, 0.3) is 5.69 Å². The molecule has 0 saturated carbocycles. The third kappa shape index (κ3) is 4.30. The highest BCUT2D eigenvalue weighted by Crippen LogP contribution is 2.46. The van der Waals surface area contributed by atoms with E-state index in [4.69, 9.17) is 14.5 Å². The number of methoxy groups -OCH3 is 1. The minimum Gasteiger partial charge on any atom is -0.494 e. The van der Waals surface area contributed by atoms with Gasteiger partial charge in [0.2, 0.25) is 5.95 Å². The molecule has 40 heavy (non-hydrogen) atoms. The van der Waals surface area contributed by atoms with Gasteiger partial charge in [-0.2, -0.15) is 4.98 Å². The van der Waals surface area contributed by atoms with Crippen LogP contribution in [0.1, 0.15) is 18.5 Å². The van der Waals surface area contributed by atoms with Crippen LogP contribution in [0, 0.1) is 18.6 Å². The molecule has 0 bridgehead atoms. The van der Waals surface area contributed by atoms with Crippen molar-refractivity contribution in [1.29, 1.82) is 0 Å². The molecule has 1 fully saturated rings. The van der Waals surface area contributed by atoms with Crippen molar-refractivity contribution in [2.75, 3.05) is 42.5 Å². The molecule has 1 saturated heterocycles. The van der Waals surface area contributed by atoms with E-state index >= 15 is 0 Å². The maximum atomic E-state index is 14.2. The number of rotatable bonds is 5.